The number of aliphatic hydroxyl groups excluding tert-OH is 1. The molecule has 9 nitrogen and oxygen atoms in total. The number of ether oxygens (including phenoxy) is 1. The van der Waals surface area contributed by atoms with Crippen LogP contribution in [0.2, 0.25) is 0 Å². The number of aromatic nitrogens is 4. The second-order valence-corrected chi connectivity index (χ2v) is 8.49. The molecule has 0 aliphatic carbocycles. The highest BCUT2D eigenvalue weighted by molar-refractivity contribution is 5.85. The number of hydrogen-bond acceptors (Lipinski definition) is 9. The Labute approximate surface area is 229 Å². The van der Waals surface area contributed by atoms with E-state index in [1.165, 1.54) is 30.3 Å². The molecule has 0 saturated heterocycles. The topological polar surface area (TPSA) is 127 Å². The molecule has 0 aliphatic heterocycles. The molecule has 0 bridgehead atoms. The van der Waals surface area contributed by atoms with Crippen LogP contribution in [0, 0.1) is 12.7 Å². The summed E-state index contributed by atoms with van der Waals surface area (Å²) in [6, 6.07) is 13.8. The largest absolute Gasteiger partial charge is 0.471 e. The zero-order valence-electron chi connectivity index (χ0n) is 22.2. The molecule has 0 radical (unpaired) electrons. The average molecular weight is 555 g/mol. The number of aryl methyl sites for hydroxylation is 1. The van der Waals surface area contributed by atoms with E-state index in [2.05, 4.69) is 19.9 Å². The van der Waals surface area contributed by atoms with Gasteiger partial charge in [-0.3, -0.25) is 4.98 Å². The molecule has 210 valence electrons. The number of carbonyl (C=O) groups excluding carboxylic acids is 1. The highest BCUT2D eigenvalue weighted by atomic mass is 19.3. The first-order chi connectivity index (χ1) is 19.2. The number of hydrogen-bond donors (Lipinski definition) is 2. The number of nitrogens with zero attached hydrogens (tertiary/aromatic N) is 5. The molecule has 3 N–H and O–H groups in total. The van der Waals surface area contributed by atoms with Crippen LogP contribution in [0.4, 0.5) is 24.9 Å². The summed E-state index contributed by atoms with van der Waals surface area (Å²) in [7, 11) is 2.82. The van der Waals surface area contributed by atoms with Crippen molar-refractivity contribution in [2.24, 2.45) is 0 Å². The molecule has 0 aliphatic rings. The number of nitrogen functional groups attached to an aromatic ring is 1. The van der Waals surface area contributed by atoms with E-state index in [1.807, 2.05) is 11.9 Å². The first kappa shape index (κ1) is 30.0. The third kappa shape index (κ3) is 7.50. The van der Waals surface area contributed by atoms with Crippen molar-refractivity contribution in [2.45, 2.75) is 26.4 Å². The second kappa shape index (κ2) is 14.0. The summed E-state index contributed by atoms with van der Waals surface area (Å²) in [4.78, 5) is 29.6. The molecule has 0 amide bonds. The summed E-state index contributed by atoms with van der Waals surface area (Å²) in [5.41, 5.74) is 7.93. The third-order valence-corrected chi connectivity index (χ3v) is 5.62. The van der Waals surface area contributed by atoms with E-state index < -0.39 is 17.9 Å². The van der Waals surface area contributed by atoms with Crippen LogP contribution in [-0.4, -0.2) is 52.0 Å². The van der Waals surface area contributed by atoms with Crippen LogP contribution in [0.1, 0.15) is 29.9 Å². The minimum Gasteiger partial charge on any atom is -0.471 e. The zero-order valence-corrected chi connectivity index (χ0v) is 22.2. The Morgan fingerprint density at radius 2 is 1.75 bits per heavy atom. The molecular weight excluding hydrogens is 525 g/mol. The highest BCUT2D eigenvalue weighted by Gasteiger charge is 2.22. The van der Waals surface area contributed by atoms with Crippen LogP contribution in [0.25, 0.3) is 22.4 Å². The Balaban J connectivity index is 0.00000216. The van der Waals surface area contributed by atoms with E-state index in [9.17, 15) is 18.0 Å². The predicted octanol–water partition coefficient (Wildman–Crippen LogP) is 4.78. The fourth-order valence-corrected chi connectivity index (χ4v) is 3.85. The molecule has 4 aromatic rings. The number of halogens is 3. The lowest BCUT2D eigenvalue weighted by Gasteiger charge is -2.18. The molecule has 0 unspecified atom stereocenters. The Morgan fingerprint density at radius 1 is 1.02 bits per heavy atom. The molecule has 0 fully saturated rings. The number of aldehydes is 1. The third-order valence-electron chi connectivity index (χ3n) is 5.62. The number of aliphatic hydroxyl groups is 1. The van der Waals surface area contributed by atoms with Gasteiger partial charge in [0, 0.05) is 38.4 Å². The van der Waals surface area contributed by atoms with Gasteiger partial charge < -0.3 is 25.3 Å². The van der Waals surface area contributed by atoms with E-state index >= 15 is 0 Å². The highest BCUT2D eigenvalue weighted by Crippen LogP contribution is 2.39. The van der Waals surface area contributed by atoms with E-state index in [4.69, 9.17) is 15.6 Å². The van der Waals surface area contributed by atoms with Crippen LogP contribution in [0.15, 0.2) is 54.6 Å². The minimum atomic E-state index is -2.80. The normalized spacial score (nSPS) is 10.6. The summed E-state index contributed by atoms with van der Waals surface area (Å²) in [5, 5.41) is 7.00. The van der Waals surface area contributed by atoms with Gasteiger partial charge in [0.15, 0.2) is 0 Å². The number of rotatable bonds is 10. The molecule has 0 spiro atoms. The van der Waals surface area contributed by atoms with Gasteiger partial charge in [-0.25, -0.2) is 23.1 Å². The van der Waals surface area contributed by atoms with Gasteiger partial charge in [0.25, 0.3) is 6.43 Å². The number of pyridine rings is 2. The van der Waals surface area contributed by atoms with Crippen LogP contribution in [0.5, 0.6) is 5.88 Å². The first-order valence-electron chi connectivity index (χ1n) is 12.1. The fourth-order valence-electron chi connectivity index (χ4n) is 3.85. The van der Waals surface area contributed by atoms with Crippen molar-refractivity contribution >= 4 is 18.1 Å². The predicted molar refractivity (Wildman–Crippen MR) is 145 cm³/mol. The maximum atomic E-state index is 13.6. The molecule has 3 aromatic heterocycles. The first-order valence-corrected chi connectivity index (χ1v) is 12.1. The van der Waals surface area contributed by atoms with E-state index in [1.54, 1.807) is 31.2 Å². The van der Waals surface area contributed by atoms with Crippen LogP contribution in [0.3, 0.4) is 0 Å². The quantitative estimate of drug-likeness (QED) is 0.266. The van der Waals surface area contributed by atoms with Gasteiger partial charge >= 0.3 is 0 Å². The van der Waals surface area contributed by atoms with Crippen molar-refractivity contribution in [1.82, 2.24) is 19.9 Å². The summed E-state index contributed by atoms with van der Waals surface area (Å²) in [5.74, 6) is 0.133. The van der Waals surface area contributed by atoms with Gasteiger partial charge in [0.2, 0.25) is 11.8 Å². The van der Waals surface area contributed by atoms with Gasteiger partial charge in [-0.2, -0.15) is 4.98 Å². The lowest BCUT2D eigenvalue weighted by atomic mass is 9.99. The Kier molecular flexibility index (Phi) is 10.5. The van der Waals surface area contributed by atoms with Crippen molar-refractivity contribution in [3.63, 3.8) is 0 Å². The van der Waals surface area contributed by atoms with Gasteiger partial charge in [-0.1, -0.05) is 6.07 Å². The van der Waals surface area contributed by atoms with Crippen LogP contribution in [-0.2, 0) is 11.4 Å². The SMILES string of the molecule is CO.Cc1cc(-c2c(OCc3cccc(N(C)CCC=O)n3)nc(N)nc2-c2ccc(F)cc2)cc(C(F)F)n1. The monoisotopic (exact) mass is 554 g/mol. The van der Waals surface area contributed by atoms with E-state index in [-0.39, 0.29) is 24.1 Å². The molecule has 4 rings (SSSR count). The van der Waals surface area contributed by atoms with Crippen LogP contribution >= 0.6 is 0 Å². The van der Waals surface area contributed by atoms with Crippen molar-refractivity contribution in [1.29, 1.82) is 0 Å². The van der Waals surface area contributed by atoms with Crippen molar-refractivity contribution in [2.75, 3.05) is 31.3 Å². The minimum absolute atomic E-state index is 0.0204. The Hall–Kier alpha value is -4.58. The molecule has 40 heavy (non-hydrogen) atoms. The van der Waals surface area contributed by atoms with E-state index in [0.717, 1.165) is 13.4 Å². The zero-order chi connectivity index (χ0) is 29.2. The summed E-state index contributed by atoms with van der Waals surface area (Å²) in [6.45, 7) is 2.08. The molecule has 3 heterocycles. The van der Waals surface area contributed by atoms with Gasteiger partial charge in [0.05, 0.1) is 17.0 Å². The Morgan fingerprint density at radius 3 is 2.42 bits per heavy atom. The second-order valence-electron chi connectivity index (χ2n) is 8.49. The number of alkyl halides is 2. The molecule has 12 heteroatoms. The summed E-state index contributed by atoms with van der Waals surface area (Å²) in [6.07, 6.45) is -1.60. The smallest absolute Gasteiger partial charge is 0.280 e. The van der Waals surface area contributed by atoms with E-state index in [0.29, 0.717) is 46.9 Å². The maximum absolute atomic E-state index is 13.6. The van der Waals surface area contributed by atoms with Crippen molar-refractivity contribution in [3.05, 3.63) is 77.5 Å². The average Bonchev–Trinajstić information content (AvgIpc) is 2.95. The molecule has 1 aromatic carbocycles. The van der Waals surface area contributed by atoms with Crippen molar-refractivity contribution < 1.29 is 27.8 Å². The molecule has 0 saturated carbocycles. The lowest BCUT2D eigenvalue weighted by Crippen LogP contribution is -2.20. The van der Waals surface area contributed by atoms with Gasteiger partial charge in [-0.15, -0.1) is 0 Å². The Bertz CT molecular complexity index is 1440. The fraction of sp³-hybridized carbons (Fsp3) is 0.250. The van der Waals surface area contributed by atoms with Gasteiger partial charge in [-0.05, 0) is 61.0 Å². The maximum Gasteiger partial charge on any atom is 0.280 e. The van der Waals surface area contributed by atoms with Crippen molar-refractivity contribution in [3.8, 4) is 28.3 Å². The molecular formula is C28H29F3N6O3. The number of nitrogens with two attached hydrogens (primary N) is 1. The summed E-state index contributed by atoms with van der Waals surface area (Å²) >= 11 is 0. The van der Waals surface area contributed by atoms with Gasteiger partial charge in [0.1, 0.15) is 30.2 Å². The molecule has 0 atom stereocenters. The number of benzene rings is 1. The lowest BCUT2D eigenvalue weighted by molar-refractivity contribution is -0.107. The number of carbonyl (C=O) groups is 1. The van der Waals surface area contributed by atoms with Crippen LogP contribution < -0.4 is 15.4 Å². The summed E-state index contributed by atoms with van der Waals surface area (Å²) < 4.78 is 46.9. The standard InChI is InChI=1S/C27H25F3N6O2.CH4O/c1-16-13-18(14-21(32-16)25(29)30)23-24(17-7-9-19(28)10-8-17)34-27(31)35-26(23)38-15-20-5-3-6-22(33-20)36(2)11-4-12-37;1-2/h3,5-10,12-14,25H,4,11,15H2,1-2H3,(H2,31,34,35);2H,1H3. The number of anilines is 2.